The molecule has 1 aromatic carbocycles. The molecule has 4 aromatic rings. The quantitative estimate of drug-likeness (QED) is 0.448. The Bertz CT molecular complexity index is 1380. The molecular formula is C25H24FN7O. The molecule has 2 aliphatic carbocycles. The highest BCUT2D eigenvalue weighted by molar-refractivity contribution is 6.04. The van der Waals surface area contributed by atoms with Gasteiger partial charge in [0.1, 0.15) is 23.7 Å². The van der Waals surface area contributed by atoms with Gasteiger partial charge >= 0.3 is 0 Å². The number of carbonyl (C=O) groups excluding carboxylic acids is 1. The topological polar surface area (TPSA) is 90.5 Å². The molecule has 1 amide bonds. The number of anilines is 1. The minimum absolute atomic E-state index is 0.0490. The zero-order chi connectivity index (χ0) is 23.2. The third kappa shape index (κ3) is 3.76. The molecule has 8 nitrogen and oxygen atoms in total. The Hall–Kier alpha value is -3.88. The zero-order valence-electron chi connectivity index (χ0n) is 18.8. The fraction of sp³-hybridized carbons (Fsp3) is 0.320. The van der Waals surface area contributed by atoms with Crippen LogP contribution in [0.4, 0.5) is 10.2 Å². The van der Waals surface area contributed by atoms with E-state index in [0.29, 0.717) is 29.3 Å². The summed E-state index contributed by atoms with van der Waals surface area (Å²) in [5.74, 6) is 0.355. The van der Waals surface area contributed by atoms with Crippen LogP contribution < -0.4 is 5.32 Å². The van der Waals surface area contributed by atoms with Crippen LogP contribution in [-0.2, 0) is 0 Å². The number of amides is 1. The monoisotopic (exact) mass is 457 g/mol. The number of benzene rings is 1. The van der Waals surface area contributed by atoms with E-state index in [1.165, 1.54) is 12.5 Å². The highest BCUT2D eigenvalue weighted by Crippen LogP contribution is 2.39. The molecule has 0 spiro atoms. The fourth-order valence-electron chi connectivity index (χ4n) is 4.34. The Labute approximate surface area is 195 Å². The Morgan fingerprint density at radius 3 is 2.76 bits per heavy atom. The van der Waals surface area contributed by atoms with Crippen LogP contribution in [-0.4, -0.2) is 35.2 Å². The lowest BCUT2D eigenvalue weighted by molar-refractivity contribution is 0.102. The van der Waals surface area contributed by atoms with E-state index in [1.54, 1.807) is 30.9 Å². The van der Waals surface area contributed by atoms with Crippen molar-refractivity contribution in [1.82, 2.24) is 29.3 Å². The summed E-state index contributed by atoms with van der Waals surface area (Å²) in [7, 11) is 0. The van der Waals surface area contributed by atoms with Crippen LogP contribution in [0.15, 0.2) is 49.2 Å². The number of carbonyl (C=O) groups is 1. The number of halogens is 1. The Morgan fingerprint density at radius 1 is 1.15 bits per heavy atom. The van der Waals surface area contributed by atoms with Crippen LogP contribution in [0.5, 0.6) is 0 Å². The third-order valence-electron chi connectivity index (χ3n) is 6.67. The summed E-state index contributed by atoms with van der Waals surface area (Å²) in [6.07, 6.45) is 11.1. The predicted octanol–water partition coefficient (Wildman–Crippen LogP) is 4.83. The molecule has 3 heterocycles. The second kappa shape index (κ2) is 8.16. The number of imidazole rings is 1. The van der Waals surface area contributed by atoms with Crippen molar-refractivity contribution < 1.29 is 9.18 Å². The molecule has 0 aliphatic heterocycles. The first-order chi connectivity index (χ1) is 16.6. The number of hydrogen-bond donors (Lipinski definition) is 1. The first-order valence-electron chi connectivity index (χ1n) is 11.6. The maximum absolute atomic E-state index is 14.8. The van der Waals surface area contributed by atoms with Gasteiger partial charge in [0, 0.05) is 18.2 Å². The third-order valence-corrected chi connectivity index (χ3v) is 6.67. The van der Waals surface area contributed by atoms with E-state index in [4.69, 9.17) is 0 Å². The van der Waals surface area contributed by atoms with Gasteiger partial charge in [-0.3, -0.25) is 4.79 Å². The highest BCUT2D eigenvalue weighted by Gasteiger charge is 2.26. The second-order valence-corrected chi connectivity index (χ2v) is 9.11. The van der Waals surface area contributed by atoms with Crippen LogP contribution >= 0.6 is 0 Å². The first-order valence-corrected chi connectivity index (χ1v) is 11.6. The normalized spacial score (nSPS) is 15.8. The lowest BCUT2D eigenvalue weighted by atomic mass is 9.93. The summed E-state index contributed by atoms with van der Waals surface area (Å²) in [5.41, 5.74) is 3.04. The number of aryl methyl sites for hydroxylation is 1. The van der Waals surface area contributed by atoms with Crippen molar-refractivity contribution in [2.24, 2.45) is 0 Å². The van der Waals surface area contributed by atoms with Gasteiger partial charge in [-0.1, -0.05) is 6.07 Å². The molecule has 1 N–H and O–H groups in total. The second-order valence-electron chi connectivity index (χ2n) is 9.11. The van der Waals surface area contributed by atoms with Gasteiger partial charge in [-0.25, -0.2) is 14.4 Å². The van der Waals surface area contributed by atoms with Crippen LogP contribution in [0.1, 0.15) is 65.7 Å². The average Bonchev–Trinajstić information content (AvgIpc) is 3.32. The smallest absolute Gasteiger partial charge is 0.259 e. The Morgan fingerprint density at radius 2 is 2.00 bits per heavy atom. The van der Waals surface area contributed by atoms with E-state index in [-0.39, 0.29) is 5.56 Å². The summed E-state index contributed by atoms with van der Waals surface area (Å²) < 4.78 is 18.7. The number of pyridine rings is 1. The molecule has 2 aliphatic rings. The van der Waals surface area contributed by atoms with Gasteiger partial charge in [-0.15, -0.1) is 10.2 Å². The molecule has 2 fully saturated rings. The van der Waals surface area contributed by atoms with Crippen molar-refractivity contribution in [2.45, 2.75) is 51.0 Å². The molecule has 172 valence electrons. The van der Waals surface area contributed by atoms with Gasteiger partial charge in [0.15, 0.2) is 5.82 Å². The number of hydrogen-bond acceptors (Lipinski definition) is 5. The van der Waals surface area contributed by atoms with Gasteiger partial charge in [0.25, 0.3) is 5.91 Å². The molecule has 0 bridgehead atoms. The lowest BCUT2D eigenvalue weighted by Crippen LogP contribution is -2.18. The standard InChI is InChI=1S/C25H24FN7O/c1-15-10-19(26)18(11-22(15)32-12-21(27-13-32)16-8-9-16)25(34)30-23-7-3-6-20(29-23)24-31-28-14-33(24)17-4-2-5-17/h3,6-7,10-14,16-17H,2,4-5,8-9H2,1H3,(H,29,30,34). The van der Waals surface area contributed by atoms with Crippen LogP contribution in [0.25, 0.3) is 17.2 Å². The molecule has 34 heavy (non-hydrogen) atoms. The summed E-state index contributed by atoms with van der Waals surface area (Å²) in [4.78, 5) is 22.0. The summed E-state index contributed by atoms with van der Waals surface area (Å²) in [5, 5.41) is 11.0. The average molecular weight is 458 g/mol. The van der Waals surface area contributed by atoms with Gasteiger partial charge in [-0.2, -0.15) is 0 Å². The summed E-state index contributed by atoms with van der Waals surface area (Å²) >= 11 is 0. The van der Waals surface area contributed by atoms with E-state index in [0.717, 1.165) is 42.6 Å². The zero-order valence-corrected chi connectivity index (χ0v) is 18.8. The molecule has 0 unspecified atom stereocenters. The number of aromatic nitrogens is 6. The number of nitrogens with one attached hydrogen (secondary N) is 1. The van der Waals surface area contributed by atoms with E-state index in [2.05, 4.69) is 25.5 Å². The molecule has 2 saturated carbocycles. The lowest BCUT2D eigenvalue weighted by Gasteiger charge is -2.27. The number of rotatable bonds is 6. The largest absolute Gasteiger partial charge is 0.309 e. The van der Waals surface area contributed by atoms with Gasteiger partial charge in [0.05, 0.1) is 23.3 Å². The Balaban J connectivity index is 1.27. The molecule has 6 rings (SSSR count). The minimum atomic E-state index is -0.581. The predicted molar refractivity (Wildman–Crippen MR) is 124 cm³/mol. The van der Waals surface area contributed by atoms with Crippen molar-refractivity contribution in [3.8, 4) is 17.2 Å². The van der Waals surface area contributed by atoms with Crippen molar-refractivity contribution in [2.75, 3.05) is 5.32 Å². The molecule has 9 heteroatoms. The maximum Gasteiger partial charge on any atom is 0.259 e. The van der Waals surface area contributed by atoms with Crippen LogP contribution in [0.2, 0.25) is 0 Å². The molecule has 0 saturated heterocycles. The molecule has 0 atom stereocenters. The van der Waals surface area contributed by atoms with Gasteiger partial charge < -0.3 is 14.5 Å². The van der Waals surface area contributed by atoms with Gasteiger partial charge in [-0.05, 0) is 68.9 Å². The van der Waals surface area contributed by atoms with E-state index < -0.39 is 11.7 Å². The van der Waals surface area contributed by atoms with Crippen molar-refractivity contribution in [1.29, 1.82) is 0 Å². The highest BCUT2D eigenvalue weighted by atomic mass is 19.1. The first kappa shape index (κ1) is 20.7. The van der Waals surface area contributed by atoms with Crippen LogP contribution in [0, 0.1) is 12.7 Å². The van der Waals surface area contributed by atoms with Crippen LogP contribution in [0.3, 0.4) is 0 Å². The molecule has 0 radical (unpaired) electrons. The summed E-state index contributed by atoms with van der Waals surface area (Å²) in [6.45, 7) is 1.82. The minimum Gasteiger partial charge on any atom is -0.309 e. The number of nitrogens with zero attached hydrogens (tertiary/aromatic N) is 6. The fourth-order valence-corrected chi connectivity index (χ4v) is 4.34. The van der Waals surface area contributed by atoms with E-state index in [1.807, 2.05) is 28.3 Å². The van der Waals surface area contributed by atoms with Gasteiger partial charge in [0.2, 0.25) is 0 Å². The summed E-state index contributed by atoms with van der Waals surface area (Å²) in [6, 6.07) is 8.63. The van der Waals surface area contributed by atoms with E-state index in [9.17, 15) is 9.18 Å². The van der Waals surface area contributed by atoms with Crippen molar-refractivity contribution in [3.63, 3.8) is 0 Å². The molecular weight excluding hydrogens is 433 g/mol. The van der Waals surface area contributed by atoms with Crippen molar-refractivity contribution in [3.05, 3.63) is 71.8 Å². The molecule has 3 aromatic heterocycles. The Kier molecular flexibility index (Phi) is 4.97. The SMILES string of the molecule is Cc1cc(F)c(C(=O)Nc2cccc(-c3nncn3C3CCC3)n2)cc1-n1cnc(C2CC2)c1. The maximum atomic E-state index is 14.8. The van der Waals surface area contributed by atoms with E-state index >= 15 is 0 Å². The van der Waals surface area contributed by atoms with Crippen molar-refractivity contribution >= 4 is 11.7 Å².